The number of rotatable bonds is 0. The highest BCUT2D eigenvalue weighted by Crippen LogP contribution is 2.42. The predicted molar refractivity (Wildman–Crippen MR) is 104 cm³/mol. The van der Waals surface area contributed by atoms with Crippen molar-refractivity contribution in [2.24, 2.45) is 0 Å². The first-order chi connectivity index (χ1) is 11.9. The van der Waals surface area contributed by atoms with Crippen LogP contribution in [0.15, 0.2) is 77.2 Å². The van der Waals surface area contributed by atoms with Gasteiger partial charge in [0.05, 0.1) is 4.70 Å². The molecule has 0 saturated heterocycles. The Balaban J connectivity index is 1.85. The van der Waals surface area contributed by atoms with E-state index in [9.17, 15) is 0 Å². The summed E-state index contributed by atoms with van der Waals surface area (Å²) in [4.78, 5) is 0. The van der Waals surface area contributed by atoms with Crippen molar-refractivity contribution in [2.45, 2.75) is 0 Å². The molecule has 2 aromatic heterocycles. The molecule has 0 saturated carbocycles. The van der Waals surface area contributed by atoms with Crippen molar-refractivity contribution < 1.29 is 4.42 Å². The lowest BCUT2D eigenvalue weighted by atomic mass is 10.1. The van der Waals surface area contributed by atoms with E-state index in [0.29, 0.717) is 0 Å². The molecule has 2 heteroatoms. The molecule has 0 radical (unpaired) electrons. The molecule has 0 N–H and O–H groups in total. The van der Waals surface area contributed by atoms with E-state index >= 15 is 0 Å². The Morgan fingerprint density at radius 3 is 2.29 bits per heavy atom. The van der Waals surface area contributed by atoms with Gasteiger partial charge >= 0.3 is 0 Å². The van der Waals surface area contributed by atoms with Crippen LogP contribution in [0.2, 0.25) is 0 Å². The van der Waals surface area contributed by atoms with Gasteiger partial charge in [-0.2, -0.15) is 0 Å². The van der Waals surface area contributed by atoms with Gasteiger partial charge in [0.1, 0.15) is 5.58 Å². The van der Waals surface area contributed by atoms with E-state index in [1.807, 2.05) is 23.5 Å². The molecule has 0 fully saturated rings. The van der Waals surface area contributed by atoms with Crippen LogP contribution in [0.5, 0.6) is 0 Å². The number of furan rings is 1. The van der Waals surface area contributed by atoms with E-state index in [0.717, 1.165) is 11.2 Å². The second-order valence-electron chi connectivity index (χ2n) is 6.21. The third-order valence-corrected chi connectivity index (χ3v) is 6.02. The Hall–Kier alpha value is -2.84. The van der Waals surface area contributed by atoms with Crippen LogP contribution in [0.4, 0.5) is 0 Å². The fourth-order valence-corrected chi connectivity index (χ4v) is 4.92. The second-order valence-corrected chi connectivity index (χ2v) is 7.27. The van der Waals surface area contributed by atoms with Gasteiger partial charge in [-0.3, -0.25) is 0 Å². The summed E-state index contributed by atoms with van der Waals surface area (Å²) in [5.41, 5.74) is 1.97. The third-order valence-electron chi connectivity index (χ3n) is 4.85. The van der Waals surface area contributed by atoms with Crippen molar-refractivity contribution in [1.29, 1.82) is 0 Å². The average Bonchev–Trinajstić information content (AvgIpc) is 3.17. The van der Waals surface area contributed by atoms with Crippen LogP contribution in [0.25, 0.3) is 52.9 Å². The van der Waals surface area contributed by atoms with Crippen LogP contribution in [-0.4, -0.2) is 0 Å². The summed E-state index contributed by atoms with van der Waals surface area (Å²) >= 11 is 1.83. The zero-order valence-corrected chi connectivity index (χ0v) is 13.6. The summed E-state index contributed by atoms with van der Waals surface area (Å²) in [7, 11) is 0. The van der Waals surface area contributed by atoms with Gasteiger partial charge in [-0.25, -0.2) is 0 Å². The first-order valence-corrected chi connectivity index (χ1v) is 8.85. The van der Waals surface area contributed by atoms with Crippen molar-refractivity contribution in [3.8, 4) is 0 Å². The van der Waals surface area contributed by atoms with Gasteiger partial charge < -0.3 is 4.42 Å². The number of para-hydroxylation sites is 1. The van der Waals surface area contributed by atoms with E-state index in [1.54, 1.807) is 0 Å². The third kappa shape index (κ3) is 1.53. The smallest absolute Gasteiger partial charge is 0.153 e. The normalized spacial score (nSPS) is 12.2. The minimum Gasteiger partial charge on any atom is -0.455 e. The topological polar surface area (TPSA) is 13.1 Å². The highest BCUT2D eigenvalue weighted by Gasteiger charge is 2.14. The fraction of sp³-hybridized carbons (Fsp3) is 0. The van der Waals surface area contributed by atoms with E-state index in [-0.39, 0.29) is 0 Å². The summed E-state index contributed by atoms with van der Waals surface area (Å²) < 4.78 is 8.76. The van der Waals surface area contributed by atoms with Crippen LogP contribution in [0, 0.1) is 0 Å². The first-order valence-electron chi connectivity index (χ1n) is 8.04. The van der Waals surface area contributed by atoms with Gasteiger partial charge in [-0.15, -0.1) is 11.3 Å². The van der Waals surface area contributed by atoms with Gasteiger partial charge in [0.25, 0.3) is 0 Å². The van der Waals surface area contributed by atoms with Crippen molar-refractivity contribution in [1.82, 2.24) is 0 Å². The van der Waals surface area contributed by atoms with Crippen LogP contribution >= 0.6 is 11.3 Å². The zero-order chi connectivity index (χ0) is 15.7. The van der Waals surface area contributed by atoms with Crippen molar-refractivity contribution >= 4 is 64.2 Å². The quantitative estimate of drug-likeness (QED) is 0.290. The maximum Gasteiger partial charge on any atom is 0.153 e. The average molecular weight is 324 g/mol. The maximum atomic E-state index is 6.20. The molecule has 0 bridgehead atoms. The summed E-state index contributed by atoms with van der Waals surface area (Å²) in [6, 6.07) is 25.9. The molecule has 0 unspecified atom stereocenters. The van der Waals surface area contributed by atoms with Crippen molar-refractivity contribution in [3.63, 3.8) is 0 Å². The lowest BCUT2D eigenvalue weighted by molar-refractivity contribution is 0.673. The summed E-state index contributed by atoms with van der Waals surface area (Å²) in [5.74, 6) is 0. The number of hydrogen-bond donors (Lipinski definition) is 0. The Morgan fingerprint density at radius 1 is 0.625 bits per heavy atom. The predicted octanol–water partition coefficient (Wildman–Crippen LogP) is 7.11. The maximum absolute atomic E-state index is 6.20. The molecule has 1 nitrogen and oxygen atoms in total. The lowest BCUT2D eigenvalue weighted by Gasteiger charge is -1.98. The molecule has 112 valence electrons. The minimum atomic E-state index is 0.961. The second kappa shape index (κ2) is 4.37. The monoisotopic (exact) mass is 324 g/mol. The molecule has 4 aromatic carbocycles. The summed E-state index contributed by atoms with van der Waals surface area (Å²) in [6.07, 6.45) is 0. The largest absolute Gasteiger partial charge is 0.455 e. The van der Waals surface area contributed by atoms with E-state index < -0.39 is 0 Å². The highest BCUT2D eigenvalue weighted by atomic mass is 32.1. The summed E-state index contributed by atoms with van der Waals surface area (Å²) in [6.45, 7) is 0. The van der Waals surface area contributed by atoms with Crippen molar-refractivity contribution in [2.75, 3.05) is 0 Å². The number of fused-ring (bicyclic) bond motifs is 8. The SMILES string of the molecule is c1ccc2cc3c(cc2c1)sc1c3ccc2c3ccccc3oc21. The van der Waals surface area contributed by atoms with Crippen LogP contribution in [0.3, 0.4) is 0 Å². The van der Waals surface area contributed by atoms with Crippen LogP contribution in [-0.2, 0) is 0 Å². The molecule has 0 aliphatic rings. The Kier molecular flexibility index (Phi) is 2.29. The molecule has 0 amide bonds. The molecular formula is C22H12OS. The van der Waals surface area contributed by atoms with Gasteiger partial charge in [-0.1, -0.05) is 48.5 Å². The van der Waals surface area contributed by atoms with Gasteiger partial charge in [0, 0.05) is 26.2 Å². The Bertz CT molecular complexity index is 1400. The number of thiophene rings is 1. The Labute approximate surface area is 141 Å². The van der Waals surface area contributed by atoms with Crippen LogP contribution in [0.1, 0.15) is 0 Å². The van der Waals surface area contributed by atoms with E-state index in [1.165, 1.54) is 41.7 Å². The Morgan fingerprint density at radius 2 is 1.38 bits per heavy atom. The molecule has 2 heterocycles. The highest BCUT2D eigenvalue weighted by molar-refractivity contribution is 7.26. The molecule has 6 rings (SSSR count). The van der Waals surface area contributed by atoms with Gasteiger partial charge in [0.15, 0.2) is 5.58 Å². The standard InChI is InChI=1S/C22H12OS/c1-2-6-14-12-20-18(11-13(14)5-1)17-10-9-16-15-7-3-4-8-19(15)23-21(16)22(17)24-20/h1-12H. The molecule has 0 spiro atoms. The molecule has 0 aliphatic carbocycles. The van der Waals surface area contributed by atoms with Gasteiger partial charge in [0.2, 0.25) is 0 Å². The number of benzene rings is 4. The molecule has 0 atom stereocenters. The lowest BCUT2D eigenvalue weighted by Crippen LogP contribution is -1.72. The van der Waals surface area contributed by atoms with Gasteiger partial charge in [-0.05, 0) is 35.0 Å². The zero-order valence-electron chi connectivity index (χ0n) is 12.7. The fourth-order valence-electron chi connectivity index (χ4n) is 3.70. The molecule has 0 aliphatic heterocycles. The van der Waals surface area contributed by atoms with E-state index in [2.05, 4.69) is 60.7 Å². The van der Waals surface area contributed by atoms with E-state index in [4.69, 9.17) is 4.42 Å². The first kappa shape index (κ1) is 12.6. The molecule has 24 heavy (non-hydrogen) atoms. The minimum absolute atomic E-state index is 0.961. The molecular weight excluding hydrogens is 312 g/mol. The number of hydrogen-bond acceptors (Lipinski definition) is 2. The summed E-state index contributed by atoms with van der Waals surface area (Å²) in [5, 5.41) is 7.57. The van der Waals surface area contributed by atoms with Crippen molar-refractivity contribution in [3.05, 3.63) is 72.8 Å². The van der Waals surface area contributed by atoms with Crippen LogP contribution < -0.4 is 0 Å². The molecule has 6 aromatic rings.